The summed E-state index contributed by atoms with van der Waals surface area (Å²) in [6.45, 7) is 5.08. The van der Waals surface area contributed by atoms with Crippen molar-refractivity contribution in [1.29, 1.82) is 5.26 Å². The van der Waals surface area contributed by atoms with Gasteiger partial charge in [0.25, 0.3) is 5.91 Å². The maximum atomic E-state index is 14.4. The lowest BCUT2D eigenvalue weighted by Crippen LogP contribution is -2.31. The second-order valence-corrected chi connectivity index (χ2v) is 11.1. The van der Waals surface area contributed by atoms with Crippen molar-refractivity contribution in [3.63, 3.8) is 0 Å². The number of amides is 1. The van der Waals surface area contributed by atoms with Gasteiger partial charge in [-0.25, -0.2) is 22.5 Å². The molecule has 2 N–H and O–H groups in total. The van der Waals surface area contributed by atoms with Crippen LogP contribution in [0.4, 0.5) is 10.1 Å². The van der Waals surface area contributed by atoms with E-state index >= 15 is 0 Å². The molecule has 0 radical (unpaired) electrons. The van der Waals surface area contributed by atoms with Crippen molar-refractivity contribution >= 4 is 44.2 Å². The normalized spacial score (nSPS) is 12.1. The summed E-state index contributed by atoms with van der Waals surface area (Å²) in [6, 6.07) is 11.6. The molecule has 9 nitrogen and oxygen atoms in total. The van der Waals surface area contributed by atoms with Crippen molar-refractivity contribution in [1.82, 2.24) is 9.71 Å². The summed E-state index contributed by atoms with van der Waals surface area (Å²) in [6.07, 6.45) is 0.835. The number of nitriles is 1. The number of aryl methyl sites for hydroxylation is 1. The lowest BCUT2D eigenvalue weighted by atomic mass is 9.97. The number of hydrogen-bond donors (Lipinski definition) is 2. The van der Waals surface area contributed by atoms with E-state index in [1.165, 1.54) is 24.3 Å². The number of rotatable bonds is 6. The Balaban J connectivity index is 1.89. The summed E-state index contributed by atoms with van der Waals surface area (Å²) in [5, 5.41) is 12.9. The Hall–Kier alpha value is -4.27. The summed E-state index contributed by atoms with van der Waals surface area (Å²) in [4.78, 5) is 30.0. The van der Waals surface area contributed by atoms with Crippen LogP contribution in [0.15, 0.2) is 51.7 Å². The minimum Gasteiger partial charge on any atom is -0.455 e. The standard InChI is InChI=1S/C27H22ClFN4O5S/c1-13-10-17(15(3)31-21-8-9-22(28)32-23(21)27(35)33-39(4,36)37)26-18(11-13)24(34)14(2)25(38-26)16-6-5-7-20(29)19(16)12-30/h5-11,15,31H,1-4H3,(H,33,35). The van der Waals surface area contributed by atoms with Crippen LogP contribution in [0.5, 0.6) is 0 Å². The number of pyridine rings is 1. The van der Waals surface area contributed by atoms with Gasteiger partial charge in [0, 0.05) is 16.7 Å². The number of benzene rings is 2. The molecule has 0 bridgehead atoms. The van der Waals surface area contributed by atoms with Gasteiger partial charge in [0.15, 0.2) is 11.1 Å². The Bertz CT molecular complexity index is 1870. The minimum atomic E-state index is -3.87. The Kier molecular flexibility index (Phi) is 7.46. The van der Waals surface area contributed by atoms with Crippen LogP contribution in [0.3, 0.4) is 0 Å². The number of anilines is 1. The van der Waals surface area contributed by atoms with Crippen molar-refractivity contribution < 1.29 is 22.0 Å². The molecule has 4 aromatic rings. The zero-order valence-corrected chi connectivity index (χ0v) is 22.8. The van der Waals surface area contributed by atoms with E-state index in [4.69, 9.17) is 16.0 Å². The monoisotopic (exact) mass is 568 g/mol. The molecule has 4 rings (SSSR count). The van der Waals surface area contributed by atoms with E-state index in [9.17, 15) is 27.7 Å². The van der Waals surface area contributed by atoms with Crippen LogP contribution in [0.2, 0.25) is 5.15 Å². The second kappa shape index (κ2) is 10.5. The second-order valence-electron chi connectivity index (χ2n) is 8.99. The van der Waals surface area contributed by atoms with E-state index in [0.29, 0.717) is 5.56 Å². The number of carbonyl (C=O) groups excluding carboxylic acids is 1. The molecule has 0 aliphatic carbocycles. The fourth-order valence-corrected chi connectivity index (χ4v) is 4.81. The highest BCUT2D eigenvalue weighted by atomic mass is 35.5. The molecule has 39 heavy (non-hydrogen) atoms. The van der Waals surface area contributed by atoms with Crippen molar-refractivity contribution in [2.45, 2.75) is 26.8 Å². The van der Waals surface area contributed by atoms with E-state index in [1.807, 2.05) is 10.8 Å². The van der Waals surface area contributed by atoms with E-state index in [-0.39, 0.29) is 55.4 Å². The fraction of sp³-hybridized carbons (Fsp3) is 0.185. The first-order valence-electron chi connectivity index (χ1n) is 11.5. The maximum Gasteiger partial charge on any atom is 0.285 e. The third-order valence-electron chi connectivity index (χ3n) is 5.95. The van der Waals surface area contributed by atoms with Gasteiger partial charge in [0.1, 0.15) is 28.4 Å². The summed E-state index contributed by atoms with van der Waals surface area (Å²) >= 11 is 5.96. The van der Waals surface area contributed by atoms with Crippen LogP contribution < -0.4 is 15.5 Å². The quantitative estimate of drug-likeness (QED) is 0.309. The molecule has 0 aliphatic rings. The maximum absolute atomic E-state index is 14.4. The van der Waals surface area contributed by atoms with E-state index < -0.39 is 27.8 Å². The number of nitrogens with one attached hydrogen (secondary N) is 2. The first-order chi connectivity index (χ1) is 18.3. The molecule has 1 amide bonds. The number of sulfonamides is 1. The van der Waals surface area contributed by atoms with Crippen LogP contribution in [0.25, 0.3) is 22.3 Å². The highest BCUT2D eigenvalue weighted by Gasteiger charge is 2.23. The predicted molar refractivity (Wildman–Crippen MR) is 146 cm³/mol. The Morgan fingerprint density at radius 3 is 2.59 bits per heavy atom. The van der Waals surface area contributed by atoms with Gasteiger partial charge >= 0.3 is 0 Å². The average Bonchev–Trinajstić information content (AvgIpc) is 2.85. The molecule has 0 saturated carbocycles. The van der Waals surface area contributed by atoms with Crippen molar-refractivity contribution in [2.75, 3.05) is 11.6 Å². The average molecular weight is 569 g/mol. The van der Waals surface area contributed by atoms with Crippen molar-refractivity contribution in [3.05, 3.63) is 91.6 Å². The number of nitrogens with zero attached hydrogens (tertiary/aromatic N) is 2. The van der Waals surface area contributed by atoms with Gasteiger partial charge in [-0.2, -0.15) is 5.26 Å². The molecular formula is C27H22ClFN4O5S. The number of carbonyl (C=O) groups is 1. The van der Waals surface area contributed by atoms with E-state index in [1.54, 1.807) is 32.9 Å². The number of halogens is 2. The first kappa shape index (κ1) is 27.8. The molecule has 0 fully saturated rings. The van der Waals surface area contributed by atoms with Gasteiger partial charge in [-0.3, -0.25) is 9.59 Å². The summed E-state index contributed by atoms with van der Waals surface area (Å²) in [5.74, 6) is -1.67. The SMILES string of the molecule is Cc1cc(C(C)Nc2ccc(Cl)nc2C(=O)NS(C)(=O)=O)c2oc(-c3cccc(F)c3C#N)c(C)c(=O)c2c1. The van der Waals surface area contributed by atoms with E-state index in [0.717, 1.165) is 17.9 Å². The number of aromatic nitrogens is 1. The topological polar surface area (TPSA) is 142 Å². The summed E-state index contributed by atoms with van der Waals surface area (Å²) in [7, 11) is -3.87. The molecule has 0 saturated heterocycles. The number of fused-ring (bicyclic) bond motifs is 1. The van der Waals surface area contributed by atoms with Gasteiger partial charge in [0.05, 0.1) is 28.9 Å². The van der Waals surface area contributed by atoms with Crippen LogP contribution >= 0.6 is 11.6 Å². The lowest BCUT2D eigenvalue weighted by molar-refractivity contribution is 0.0977. The molecule has 200 valence electrons. The Morgan fingerprint density at radius 1 is 1.21 bits per heavy atom. The van der Waals surface area contributed by atoms with Gasteiger partial charge < -0.3 is 9.73 Å². The number of hydrogen-bond acceptors (Lipinski definition) is 8. The lowest BCUT2D eigenvalue weighted by Gasteiger charge is -2.20. The van der Waals surface area contributed by atoms with Gasteiger partial charge in [0.2, 0.25) is 10.0 Å². The molecule has 1 unspecified atom stereocenters. The highest BCUT2D eigenvalue weighted by Crippen LogP contribution is 2.34. The Labute approximate surface area is 228 Å². The van der Waals surface area contributed by atoms with Gasteiger partial charge in [-0.15, -0.1) is 0 Å². The molecule has 12 heteroatoms. The third-order valence-corrected chi connectivity index (χ3v) is 6.72. The van der Waals surface area contributed by atoms with Crippen LogP contribution in [-0.2, 0) is 10.0 Å². The third kappa shape index (κ3) is 5.62. The zero-order chi connectivity index (χ0) is 28.6. The molecule has 2 heterocycles. The summed E-state index contributed by atoms with van der Waals surface area (Å²) in [5.41, 5.74) is 1.13. The first-order valence-corrected chi connectivity index (χ1v) is 13.8. The van der Waals surface area contributed by atoms with Crippen LogP contribution in [0, 0.1) is 31.0 Å². The Morgan fingerprint density at radius 2 is 1.92 bits per heavy atom. The van der Waals surface area contributed by atoms with Gasteiger partial charge in [-0.1, -0.05) is 23.7 Å². The minimum absolute atomic E-state index is 0.0256. The predicted octanol–water partition coefficient (Wildman–Crippen LogP) is 5.00. The zero-order valence-electron chi connectivity index (χ0n) is 21.2. The largest absolute Gasteiger partial charge is 0.455 e. The van der Waals surface area contributed by atoms with Gasteiger partial charge in [-0.05, 0) is 56.7 Å². The summed E-state index contributed by atoms with van der Waals surface area (Å²) < 4.78 is 45.7. The molecule has 1 atom stereocenters. The molecule has 2 aromatic carbocycles. The molecular weight excluding hydrogens is 547 g/mol. The fourth-order valence-electron chi connectivity index (χ4n) is 4.23. The smallest absolute Gasteiger partial charge is 0.285 e. The highest BCUT2D eigenvalue weighted by molar-refractivity contribution is 7.89. The van der Waals surface area contributed by atoms with E-state index in [2.05, 4.69) is 10.3 Å². The van der Waals surface area contributed by atoms with Crippen molar-refractivity contribution in [2.24, 2.45) is 0 Å². The van der Waals surface area contributed by atoms with Crippen LogP contribution in [-0.4, -0.2) is 25.6 Å². The van der Waals surface area contributed by atoms with Crippen molar-refractivity contribution in [3.8, 4) is 17.4 Å². The molecule has 0 aliphatic heterocycles. The van der Waals surface area contributed by atoms with Crippen LogP contribution in [0.1, 0.15) is 45.7 Å². The molecule has 0 spiro atoms. The molecule has 2 aromatic heterocycles.